The molecule has 7 nitrogen and oxygen atoms in total. The maximum Gasteiger partial charge on any atom is 0.274 e. The molecule has 8 heteroatoms. The number of nitrogens with zero attached hydrogens (tertiary/aromatic N) is 4. The van der Waals surface area contributed by atoms with Crippen molar-refractivity contribution in [2.24, 2.45) is 0 Å². The molecule has 3 aliphatic rings. The maximum absolute atomic E-state index is 13.5. The van der Waals surface area contributed by atoms with Gasteiger partial charge in [0.05, 0.1) is 31.6 Å². The Hall–Kier alpha value is -1.87. The van der Waals surface area contributed by atoms with Crippen LogP contribution in [-0.4, -0.2) is 85.1 Å². The molecule has 1 atom stereocenters. The molecule has 0 spiro atoms. The number of carbonyl (C=O) groups is 1. The minimum absolute atomic E-state index is 0.0543. The number of fused-ring (bicyclic) bond motifs is 3. The van der Waals surface area contributed by atoms with Crippen molar-refractivity contribution in [3.63, 3.8) is 0 Å². The Kier molecular flexibility index (Phi) is 6.83. The van der Waals surface area contributed by atoms with E-state index in [1.807, 2.05) is 16.7 Å². The first-order valence-electron chi connectivity index (χ1n) is 11.7. The largest absolute Gasteiger partial charge is 0.383 e. The van der Waals surface area contributed by atoms with Crippen LogP contribution >= 0.6 is 11.8 Å². The summed E-state index contributed by atoms with van der Waals surface area (Å²) in [6.45, 7) is 6.36. The first kappa shape index (κ1) is 21.9. The number of amides is 1. The smallest absolute Gasteiger partial charge is 0.274 e. The summed E-state index contributed by atoms with van der Waals surface area (Å²) in [4.78, 5) is 19.2. The number of thioether (sulfide) groups is 1. The Balaban J connectivity index is 1.50. The monoisotopic (exact) mass is 456 g/mol. The van der Waals surface area contributed by atoms with Crippen molar-refractivity contribution >= 4 is 17.7 Å². The van der Waals surface area contributed by atoms with Gasteiger partial charge in [0.15, 0.2) is 5.69 Å². The molecule has 0 N–H and O–H groups in total. The molecule has 0 bridgehead atoms. The molecule has 0 aliphatic carbocycles. The van der Waals surface area contributed by atoms with E-state index in [4.69, 9.17) is 14.6 Å². The summed E-state index contributed by atoms with van der Waals surface area (Å²) in [7, 11) is 1.76. The summed E-state index contributed by atoms with van der Waals surface area (Å²) < 4.78 is 13.0. The Bertz CT molecular complexity index is 957. The Morgan fingerprint density at radius 2 is 2.03 bits per heavy atom. The highest BCUT2D eigenvalue weighted by Crippen LogP contribution is 2.44. The van der Waals surface area contributed by atoms with Gasteiger partial charge < -0.3 is 19.3 Å². The normalized spacial score (nSPS) is 21.7. The summed E-state index contributed by atoms with van der Waals surface area (Å²) in [5, 5.41) is 5.05. The summed E-state index contributed by atoms with van der Waals surface area (Å²) in [6.07, 6.45) is 3.25. The van der Waals surface area contributed by atoms with Gasteiger partial charge in [-0.25, -0.2) is 0 Å². The molecule has 172 valence electrons. The van der Waals surface area contributed by atoms with E-state index in [9.17, 15) is 4.79 Å². The van der Waals surface area contributed by atoms with Crippen LogP contribution in [0.5, 0.6) is 0 Å². The zero-order chi connectivity index (χ0) is 21.9. The van der Waals surface area contributed by atoms with Gasteiger partial charge in [-0.3, -0.25) is 9.48 Å². The van der Waals surface area contributed by atoms with Crippen molar-refractivity contribution in [3.8, 4) is 11.3 Å². The van der Waals surface area contributed by atoms with Gasteiger partial charge in [0.1, 0.15) is 0 Å². The molecule has 1 unspecified atom stereocenters. The van der Waals surface area contributed by atoms with Gasteiger partial charge in [-0.15, -0.1) is 11.8 Å². The van der Waals surface area contributed by atoms with Crippen LogP contribution < -0.4 is 0 Å². The second-order valence-corrected chi connectivity index (χ2v) is 9.75. The van der Waals surface area contributed by atoms with E-state index in [0.717, 1.165) is 62.5 Å². The SMILES string of the molecule is COCCN1CCCC(n2nc(C(=O)N3CCOCC3)c3c2-c2ccccc2SC3)CC1. The van der Waals surface area contributed by atoms with E-state index < -0.39 is 0 Å². The minimum atomic E-state index is 0.0543. The van der Waals surface area contributed by atoms with Crippen molar-refractivity contribution in [1.82, 2.24) is 19.6 Å². The zero-order valence-electron chi connectivity index (χ0n) is 18.8. The average Bonchev–Trinajstić information content (AvgIpc) is 3.08. The van der Waals surface area contributed by atoms with E-state index in [1.54, 1.807) is 7.11 Å². The molecule has 1 aromatic carbocycles. The molecule has 1 amide bonds. The Labute approximate surface area is 194 Å². The highest BCUT2D eigenvalue weighted by Gasteiger charge is 2.33. The van der Waals surface area contributed by atoms with E-state index in [-0.39, 0.29) is 5.91 Å². The van der Waals surface area contributed by atoms with Crippen LogP contribution in [0, 0.1) is 0 Å². The maximum atomic E-state index is 13.5. The fourth-order valence-corrected chi connectivity index (χ4v) is 6.08. The summed E-state index contributed by atoms with van der Waals surface area (Å²) in [5.41, 5.74) is 4.12. The highest BCUT2D eigenvalue weighted by atomic mass is 32.2. The number of likely N-dealkylation sites (tertiary alicyclic amines) is 1. The summed E-state index contributed by atoms with van der Waals surface area (Å²) in [5.74, 6) is 0.850. The molecule has 2 aromatic rings. The standard InChI is InChI=1S/C24H32N4O3S/c1-30-14-11-26-9-4-5-18(8-10-26)28-23-19-6-2-3-7-21(19)32-17-20(23)22(25-28)24(29)27-12-15-31-16-13-27/h2-3,6-7,18H,4-5,8-17H2,1H3. The van der Waals surface area contributed by atoms with E-state index >= 15 is 0 Å². The van der Waals surface area contributed by atoms with Crippen LogP contribution in [0.4, 0.5) is 0 Å². The number of aromatic nitrogens is 2. The van der Waals surface area contributed by atoms with Crippen LogP contribution in [0.2, 0.25) is 0 Å². The van der Waals surface area contributed by atoms with Gasteiger partial charge in [0.25, 0.3) is 5.91 Å². The molecule has 4 heterocycles. The number of rotatable bonds is 5. The number of morpholine rings is 1. The van der Waals surface area contributed by atoms with E-state index in [1.165, 1.54) is 10.5 Å². The third-order valence-corrected chi connectivity index (χ3v) is 7.87. The summed E-state index contributed by atoms with van der Waals surface area (Å²) >= 11 is 1.81. The fourth-order valence-electron chi connectivity index (χ4n) is 5.01. The number of hydrogen-bond donors (Lipinski definition) is 0. The lowest BCUT2D eigenvalue weighted by molar-refractivity contribution is 0.0297. The van der Waals surface area contributed by atoms with Crippen LogP contribution in [0.1, 0.15) is 41.4 Å². The lowest BCUT2D eigenvalue weighted by Crippen LogP contribution is -2.41. The van der Waals surface area contributed by atoms with Gasteiger partial charge in [-0.05, 0) is 31.9 Å². The molecule has 0 radical (unpaired) electrons. The van der Waals surface area contributed by atoms with Gasteiger partial charge in [0.2, 0.25) is 0 Å². The predicted molar refractivity (Wildman–Crippen MR) is 125 cm³/mol. The van der Waals surface area contributed by atoms with E-state index in [2.05, 4.69) is 33.8 Å². The van der Waals surface area contributed by atoms with Crippen LogP contribution in [0.3, 0.4) is 0 Å². The molecule has 5 rings (SSSR count). The second kappa shape index (κ2) is 9.95. The van der Waals surface area contributed by atoms with Crippen LogP contribution in [0.25, 0.3) is 11.3 Å². The van der Waals surface area contributed by atoms with Gasteiger partial charge >= 0.3 is 0 Å². The topological polar surface area (TPSA) is 59.8 Å². The van der Waals surface area contributed by atoms with Crippen molar-refractivity contribution in [2.75, 3.05) is 59.7 Å². The molecule has 0 saturated carbocycles. The van der Waals surface area contributed by atoms with Crippen molar-refractivity contribution in [1.29, 1.82) is 0 Å². The first-order chi connectivity index (χ1) is 15.8. The van der Waals surface area contributed by atoms with E-state index in [0.29, 0.717) is 38.0 Å². The third-order valence-electron chi connectivity index (χ3n) is 6.77. The Morgan fingerprint density at radius 3 is 2.88 bits per heavy atom. The van der Waals surface area contributed by atoms with Crippen molar-refractivity contribution in [3.05, 3.63) is 35.5 Å². The fraction of sp³-hybridized carbons (Fsp3) is 0.583. The molecular formula is C24H32N4O3S. The second-order valence-electron chi connectivity index (χ2n) is 8.73. The van der Waals surface area contributed by atoms with Gasteiger partial charge in [-0.2, -0.15) is 5.10 Å². The van der Waals surface area contributed by atoms with Crippen molar-refractivity contribution in [2.45, 2.75) is 36.0 Å². The number of methoxy groups -OCH3 is 1. The number of hydrogen-bond acceptors (Lipinski definition) is 6. The highest BCUT2D eigenvalue weighted by molar-refractivity contribution is 7.98. The number of carbonyl (C=O) groups excluding carboxylic acids is 1. The average molecular weight is 457 g/mol. The molecule has 2 saturated heterocycles. The van der Waals surface area contributed by atoms with Gasteiger partial charge in [-0.1, -0.05) is 18.2 Å². The minimum Gasteiger partial charge on any atom is -0.383 e. The molecule has 2 fully saturated rings. The lowest BCUT2D eigenvalue weighted by atomic mass is 10.0. The van der Waals surface area contributed by atoms with Crippen molar-refractivity contribution < 1.29 is 14.3 Å². The predicted octanol–water partition coefficient (Wildman–Crippen LogP) is 3.30. The number of benzene rings is 1. The third kappa shape index (κ3) is 4.33. The molecule has 32 heavy (non-hydrogen) atoms. The summed E-state index contributed by atoms with van der Waals surface area (Å²) in [6, 6.07) is 8.86. The van der Waals surface area contributed by atoms with Crippen LogP contribution in [-0.2, 0) is 15.2 Å². The lowest BCUT2D eigenvalue weighted by Gasteiger charge is -2.26. The quantitative estimate of drug-likeness (QED) is 0.688. The number of ether oxygens (including phenoxy) is 2. The Morgan fingerprint density at radius 1 is 1.19 bits per heavy atom. The van der Waals surface area contributed by atoms with Gasteiger partial charge in [0, 0.05) is 55.1 Å². The molecule has 3 aliphatic heterocycles. The first-order valence-corrected chi connectivity index (χ1v) is 12.7. The molecule has 1 aromatic heterocycles. The zero-order valence-corrected chi connectivity index (χ0v) is 19.6. The van der Waals surface area contributed by atoms with Crippen LogP contribution in [0.15, 0.2) is 29.2 Å². The molecular weight excluding hydrogens is 424 g/mol.